The van der Waals surface area contributed by atoms with Crippen molar-refractivity contribution in [2.75, 3.05) is 20.1 Å². The summed E-state index contributed by atoms with van der Waals surface area (Å²) in [6.45, 7) is 3.54. The predicted molar refractivity (Wildman–Crippen MR) is 72.4 cm³/mol. The lowest BCUT2D eigenvalue weighted by molar-refractivity contribution is 0.206. The lowest BCUT2D eigenvalue weighted by Crippen LogP contribution is -2.34. The SMILES string of the molecule is CN1CCCC(Cc2ncc3n2CCC(N)C3)C1. The van der Waals surface area contributed by atoms with Crippen molar-refractivity contribution in [3.8, 4) is 0 Å². The van der Waals surface area contributed by atoms with Crippen LogP contribution in [0.15, 0.2) is 6.20 Å². The van der Waals surface area contributed by atoms with Crippen molar-refractivity contribution >= 4 is 0 Å². The van der Waals surface area contributed by atoms with Crippen LogP contribution in [0.25, 0.3) is 0 Å². The Kier molecular flexibility index (Phi) is 3.39. The molecule has 1 saturated heterocycles. The van der Waals surface area contributed by atoms with E-state index in [1.54, 1.807) is 0 Å². The summed E-state index contributed by atoms with van der Waals surface area (Å²) >= 11 is 0. The first kappa shape index (κ1) is 12.2. The molecule has 1 fully saturated rings. The summed E-state index contributed by atoms with van der Waals surface area (Å²) < 4.78 is 2.41. The molecular formula is C14H24N4. The fraction of sp³-hybridized carbons (Fsp3) is 0.786. The van der Waals surface area contributed by atoms with Crippen molar-refractivity contribution in [3.05, 3.63) is 17.7 Å². The van der Waals surface area contributed by atoms with Crippen LogP contribution in [0.2, 0.25) is 0 Å². The molecule has 0 saturated carbocycles. The van der Waals surface area contributed by atoms with Gasteiger partial charge in [-0.05, 0) is 38.8 Å². The van der Waals surface area contributed by atoms with Gasteiger partial charge in [-0.1, -0.05) is 0 Å². The topological polar surface area (TPSA) is 47.1 Å². The van der Waals surface area contributed by atoms with E-state index in [1.807, 2.05) is 6.20 Å². The summed E-state index contributed by atoms with van der Waals surface area (Å²) in [5, 5.41) is 0. The minimum atomic E-state index is 0.336. The zero-order valence-electron chi connectivity index (χ0n) is 11.3. The molecule has 2 unspecified atom stereocenters. The van der Waals surface area contributed by atoms with Gasteiger partial charge in [0.05, 0.1) is 0 Å². The van der Waals surface area contributed by atoms with Gasteiger partial charge in [-0.3, -0.25) is 0 Å². The highest BCUT2D eigenvalue weighted by Crippen LogP contribution is 2.22. The van der Waals surface area contributed by atoms with Crippen LogP contribution in [-0.4, -0.2) is 40.6 Å². The number of fused-ring (bicyclic) bond motifs is 1. The molecule has 1 aromatic rings. The van der Waals surface area contributed by atoms with Crippen molar-refractivity contribution in [2.45, 2.75) is 44.7 Å². The summed E-state index contributed by atoms with van der Waals surface area (Å²) in [5.41, 5.74) is 7.35. The maximum atomic E-state index is 6.01. The van der Waals surface area contributed by atoms with Crippen molar-refractivity contribution in [1.82, 2.24) is 14.5 Å². The second-order valence-corrected chi connectivity index (χ2v) is 6.04. The fourth-order valence-electron chi connectivity index (χ4n) is 3.42. The van der Waals surface area contributed by atoms with Crippen LogP contribution < -0.4 is 5.73 Å². The first-order valence-electron chi connectivity index (χ1n) is 7.20. The molecule has 0 aliphatic carbocycles. The molecule has 4 heteroatoms. The molecule has 0 radical (unpaired) electrons. The van der Waals surface area contributed by atoms with Crippen LogP contribution >= 0.6 is 0 Å². The highest BCUT2D eigenvalue weighted by molar-refractivity contribution is 5.10. The van der Waals surface area contributed by atoms with E-state index in [-0.39, 0.29) is 0 Å². The van der Waals surface area contributed by atoms with Crippen molar-refractivity contribution < 1.29 is 0 Å². The fourth-order valence-corrected chi connectivity index (χ4v) is 3.42. The summed E-state index contributed by atoms with van der Waals surface area (Å²) in [6.07, 6.45) is 7.96. The predicted octanol–water partition coefficient (Wildman–Crippen LogP) is 1.04. The van der Waals surface area contributed by atoms with Crippen molar-refractivity contribution in [2.24, 2.45) is 11.7 Å². The summed E-state index contributed by atoms with van der Waals surface area (Å²) in [6, 6.07) is 0.336. The number of likely N-dealkylation sites (tertiary alicyclic amines) is 1. The highest BCUT2D eigenvalue weighted by Gasteiger charge is 2.23. The summed E-state index contributed by atoms with van der Waals surface area (Å²) in [7, 11) is 2.23. The Morgan fingerprint density at radius 3 is 3.11 bits per heavy atom. The van der Waals surface area contributed by atoms with Gasteiger partial charge in [0.2, 0.25) is 0 Å². The van der Waals surface area contributed by atoms with Crippen LogP contribution in [0.4, 0.5) is 0 Å². The minimum Gasteiger partial charge on any atom is -0.332 e. The molecule has 0 spiro atoms. The molecule has 3 rings (SSSR count). The Hall–Kier alpha value is -0.870. The molecule has 0 aromatic carbocycles. The molecular weight excluding hydrogens is 224 g/mol. The van der Waals surface area contributed by atoms with Gasteiger partial charge >= 0.3 is 0 Å². The Bertz CT molecular complexity index is 412. The number of imidazole rings is 1. The molecule has 0 amide bonds. The number of nitrogens with zero attached hydrogens (tertiary/aromatic N) is 3. The van der Waals surface area contributed by atoms with Crippen LogP contribution in [0, 0.1) is 5.92 Å². The van der Waals surface area contributed by atoms with E-state index in [4.69, 9.17) is 5.73 Å². The number of nitrogens with two attached hydrogens (primary N) is 1. The molecule has 2 aliphatic rings. The number of hydrogen-bond acceptors (Lipinski definition) is 3. The van der Waals surface area contributed by atoms with E-state index < -0.39 is 0 Å². The molecule has 18 heavy (non-hydrogen) atoms. The molecule has 3 heterocycles. The van der Waals surface area contributed by atoms with Crippen LogP contribution in [0.3, 0.4) is 0 Å². The van der Waals surface area contributed by atoms with Crippen molar-refractivity contribution in [1.29, 1.82) is 0 Å². The van der Waals surface area contributed by atoms with E-state index in [2.05, 4.69) is 21.5 Å². The Morgan fingerprint density at radius 1 is 1.39 bits per heavy atom. The van der Waals surface area contributed by atoms with Gasteiger partial charge in [-0.25, -0.2) is 4.98 Å². The first-order valence-corrected chi connectivity index (χ1v) is 7.20. The standard InChI is InChI=1S/C14H24N4/c1-17-5-2-3-11(10-17)7-14-16-9-13-8-12(15)4-6-18(13)14/h9,11-12H,2-8,10,15H2,1H3. The zero-order chi connectivity index (χ0) is 12.5. The molecule has 0 bridgehead atoms. The van der Waals surface area contributed by atoms with Crippen LogP contribution in [0.5, 0.6) is 0 Å². The van der Waals surface area contributed by atoms with Crippen LogP contribution in [-0.2, 0) is 19.4 Å². The van der Waals surface area contributed by atoms with E-state index in [9.17, 15) is 0 Å². The normalized spacial score (nSPS) is 29.2. The highest BCUT2D eigenvalue weighted by atomic mass is 15.1. The molecule has 2 atom stereocenters. The molecule has 2 N–H and O–H groups in total. The second-order valence-electron chi connectivity index (χ2n) is 6.04. The average Bonchev–Trinajstić information content (AvgIpc) is 2.72. The largest absolute Gasteiger partial charge is 0.332 e. The zero-order valence-corrected chi connectivity index (χ0v) is 11.3. The lowest BCUT2D eigenvalue weighted by Gasteiger charge is -2.30. The maximum absolute atomic E-state index is 6.01. The Labute approximate surface area is 109 Å². The number of aromatic nitrogens is 2. The van der Waals surface area contributed by atoms with Gasteiger partial charge < -0.3 is 15.2 Å². The number of hydrogen-bond donors (Lipinski definition) is 1. The van der Waals surface area contributed by atoms with E-state index in [0.717, 1.165) is 31.7 Å². The van der Waals surface area contributed by atoms with Gasteiger partial charge in [0.15, 0.2) is 0 Å². The first-order chi connectivity index (χ1) is 8.72. The van der Waals surface area contributed by atoms with E-state index in [0.29, 0.717) is 6.04 Å². The third-order valence-electron chi connectivity index (χ3n) is 4.41. The quantitative estimate of drug-likeness (QED) is 0.850. The maximum Gasteiger partial charge on any atom is 0.109 e. The van der Waals surface area contributed by atoms with Gasteiger partial charge in [-0.15, -0.1) is 0 Å². The minimum absolute atomic E-state index is 0.336. The van der Waals surface area contributed by atoms with E-state index >= 15 is 0 Å². The number of rotatable bonds is 2. The number of piperidine rings is 1. The summed E-state index contributed by atoms with van der Waals surface area (Å²) in [4.78, 5) is 7.09. The third kappa shape index (κ3) is 2.45. The Balaban J connectivity index is 1.70. The molecule has 4 nitrogen and oxygen atoms in total. The van der Waals surface area contributed by atoms with Crippen LogP contribution in [0.1, 0.15) is 30.8 Å². The van der Waals surface area contributed by atoms with Gasteiger partial charge in [0.25, 0.3) is 0 Å². The third-order valence-corrected chi connectivity index (χ3v) is 4.41. The van der Waals surface area contributed by atoms with Gasteiger partial charge in [0, 0.05) is 43.9 Å². The summed E-state index contributed by atoms with van der Waals surface area (Å²) in [5.74, 6) is 2.07. The van der Waals surface area contributed by atoms with E-state index in [1.165, 1.54) is 37.4 Å². The second kappa shape index (κ2) is 5.02. The van der Waals surface area contributed by atoms with Crippen molar-refractivity contribution in [3.63, 3.8) is 0 Å². The van der Waals surface area contributed by atoms with Gasteiger partial charge in [0.1, 0.15) is 5.82 Å². The van der Waals surface area contributed by atoms with Gasteiger partial charge in [-0.2, -0.15) is 0 Å². The lowest BCUT2D eigenvalue weighted by atomic mass is 9.94. The molecule has 2 aliphatic heterocycles. The average molecular weight is 248 g/mol. The smallest absolute Gasteiger partial charge is 0.109 e. The molecule has 100 valence electrons. The monoisotopic (exact) mass is 248 g/mol. The molecule has 1 aromatic heterocycles. The Morgan fingerprint density at radius 2 is 2.28 bits per heavy atom.